The van der Waals surface area contributed by atoms with Crippen molar-refractivity contribution < 1.29 is 4.79 Å². The SMILES string of the molecule is CC1CCCCN1C(=O)c1ncccc1C#CCN. The van der Waals surface area contributed by atoms with Gasteiger partial charge in [0, 0.05) is 18.8 Å². The van der Waals surface area contributed by atoms with Crippen LogP contribution in [0.5, 0.6) is 0 Å². The molecule has 0 saturated carbocycles. The number of pyridine rings is 1. The van der Waals surface area contributed by atoms with Gasteiger partial charge in [0.25, 0.3) is 5.91 Å². The second-order valence-electron chi connectivity index (χ2n) is 4.75. The largest absolute Gasteiger partial charge is 0.335 e. The summed E-state index contributed by atoms with van der Waals surface area (Å²) in [5.41, 5.74) is 6.48. The lowest BCUT2D eigenvalue weighted by Gasteiger charge is -2.33. The highest BCUT2D eigenvalue weighted by Crippen LogP contribution is 2.19. The molecule has 0 bridgehead atoms. The molecule has 1 aromatic heterocycles. The number of nitrogens with two attached hydrogens (primary N) is 1. The number of hydrogen-bond donors (Lipinski definition) is 1. The molecule has 19 heavy (non-hydrogen) atoms. The molecule has 1 amide bonds. The Balaban J connectivity index is 2.27. The van der Waals surface area contributed by atoms with Gasteiger partial charge < -0.3 is 10.6 Å². The lowest BCUT2D eigenvalue weighted by atomic mass is 10.0. The maximum Gasteiger partial charge on any atom is 0.273 e. The molecule has 2 heterocycles. The van der Waals surface area contributed by atoms with E-state index in [1.54, 1.807) is 12.3 Å². The van der Waals surface area contributed by atoms with Crippen LogP contribution in [0.15, 0.2) is 18.3 Å². The second-order valence-corrected chi connectivity index (χ2v) is 4.75. The second kappa shape index (κ2) is 6.35. The van der Waals surface area contributed by atoms with Crippen LogP contribution in [-0.2, 0) is 0 Å². The minimum absolute atomic E-state index is 0.0193. The zero-order valence-electron chi connectivity index (χ0n) is 11.2. The van der Waals surface area contributed by atoms with E-state index < -0.39 is 0 Å². The fourth-order valence-corrected chi connectivity index (χ4v) is 2.36. The van der Waals surface area contributed by atoms with Crippen LogP contribution in [0.1, 0.15) is 42.2 Å². The van der Waals surface area contributed by atoms with Crippen LogP contribution >= 0.6 is 0 Å². The van der Waals surface area contributed by atoms with Gasteiger partial charge in [-0.1, -0.05) is 11.8 Å². The Morgan fingerprint density at radius 1 is 1.58 bits per heavy atom. The van der Waals surface area contributed by atoms with E-state index in [4.69, 9.17) is 5.73 Å². The highest BCUT2D eigenvalue weighted by Gasteiger charge is 2.26. The molecular weight excluding hydrogens is 238 g/mol. The molecule has 1 aromatic rings. The summed E-state index contributed by atoms with van der Waals surface area (Å²) in [6, 6.07) is 3.88. The zero-order valence-corrected chi connectivity index (χ0v) is 11.2. The first-order chi connectivity index (χ1) is 9.24. The summed E-state index contributed by atoms with van der Waals surface area (Å²) in [4.78, 5) is 18.7. The molecule has 1 saturated heterocycles. The molecule has 4 heteroatoms. The third kappa shape index (κ3) is 3.12. The van der Waals surface area contributed by atoms with E-state index in [2.05, 4.69) is 23.7 Å². The van der Waals surface area contributed by atoms with E-state index in [-0.39, 0.29) is 18.5 Å². The van der Waals surface area contributed by atoms with Crippen molar-refractivity contribution in [3.05, 3.63) is 29.6 Å². The van der Waals surface area contributed by atoms with Crippen molar-refractivity contribution in [1.82, 2.24) is 9.88 Å². The van der Waals surface area contributed by atoms with Crippen LogP contribution in [0, 0.1) is 11.8 Å². The molecule has 4 nitrogen and oxygen atoms in total. The monoisotopic (exact) mass is 257 g/mol. The molecule has 1 aliphatic rings. The topological polar surface area (TPSA) is 59.2 Å². The zero-order chi connectivity index (χ0) is 13.7. The van der Waals surface area contributed by atoms with Gasteiger partial charge in [-0.15, -0.1) is 0 Å². The van der Waals surface area contributed by atoms with Crippen molar-refractivity contribution in [2.75, 3.05) is 13.1 Å². The molecule has 1 aliphatic heterocycles. The minimum Gasteiger partial charge on any atom is -0.335 e. The Morgan fingerprint density at radius 3 is 3.16 bits per heavy atom. The summed E-state index contributed by atoms with van der Waals surface area (Å²) in [5, 5.41) is 0. The van der Waals surface area contributed by atoms with Gasteiger partial charge in [0.15, 0.2) is 0 Å². The van der Waals surface area contributed by atoms with Crippen molar-refractivity contribution in [1.29, 1.82) is 0 Å². The minimum atomic E-state index is -0.0193. The lowest BCUT2D eigenvalue weighted by molar-refractivity contribution is 0.0629. The van der Waals surface area contributed by atoms with Crippen molar-refractivity contribution in [3.63, 3.8) is 0 Å². The van der Waals surface area contributed by atoms with Gasteiger partial charge >= 0.3 is 0 Å². The number of likely N-dealkylation sites (tertiary alicyclic amines) is 1. The fourth-order valence-electron chi connectivity index (χ4n) is 2.36. The average molecular weight is 257 g/mol. The van der Waals surface area contributed by atoms with E-state index >= 15 is 0 Å². The molecule has 1 fully saturated rings. The molecule has 2 N–H and O–H groups in total. The first-order valence-corrected chi connectivity index (χ1v) is 6.69. The van der Waals surface area contributed by atoms with Crippen LogP contribution in [0.4, 0.5) is 0 Å². The van der Waals surface area contributed by atoms with Crippen molar-refractivity contribution in [2.24, 2.45) is 5.73 Å². The first-order valence-electron chi connectivity index (χ1n) is 6.69. The van der Waals surface area contributed by atoms with Crippen molar-refractivity contribution in [3.8, 4) is 11.8 Å². The van der Waals surface area contributed by atoms with Crippen LogP contribution in [0.25, 0.3) is 0 Å². The number of aromatic nitrogens is 1. The molecular formula is C15H19N3O. The van der Waals surface area contributed by atoms with Gasteiger partial charge in [0.05, 0.1) is 12.1 Å². The predicted molar refractivity (Wildman–Crippen MR) is 74.5 cm³/mol. The summed E-state index contributed by atoms with van der Waals surface area (Å²) in [6.07, 6.45) is 4.94. The fraction of sp³-hybridized carbons (Fsp3) is 0.467. The van der Waals surface area contributed by atoms with Gasteiger partial charge in [-0.25, -0.2) is 4.98 Å². The summed E-state index contributed by atoms with van der Waals surface area (Å²) in [7, 11) is 0. The number of amides is 1. The van der Waals surface area contributed by atoms with E-state index in [1.807, 2.05) is 11.0 Å². The van der Waals surface area contributed by atoms with Crippen LogP contribution < -0.4 is 5.73 Å². The smallest absolute Gasteiger partial charge is 0.273 e. The molecule has 2 rings (SSSR count). The van der Waals surface area contributed by atoms with Crippen LogP contribution in [0.3, 0.4) is 0 Å². The number of hydrogen-bond acceptors (Lipinski definition) is 3. The van der Waals surface area contributed by atoms with Crippen LogP contribution in [-0.4, -0.2) is 34.9 Å². The highest BCUT2D eigenvalue weighted by atomic mass is 16.2. The Kier molecular flexibility index (Phi) is 4.53. The van der Waals surface area contributed by atoms with E-state index in [9.17, 15) is 4.79 Å². The Bertz CT molecular complexity index is 516. The first kappa shape index (κ1) is 13.6. The molecule has 0 aliphatic carbocycles. The normalized spacial score (nSPS) is 18.6. The average Bonchev–Trinajstić information content (AvgIpc) is 2.45. The number of nitrogens with zero attached hydrogens (tertiary/aromatic N) is 2. The Labute approximate surface area is 114 Å². The van der Waals surface area contributed by atoms with Gasteiger partial charge in [0.1, 0.15) is 5.69 Å². The predicted octanol–water partition coefficient (Wildman–Crippen LogP) is 1.41. The Morgan fingerprint density at radius 2 is 2.42 bits per heavy atom. The third-order valence-corrected chi connectivity index (χ3v) is 3.40. The summed E-state index contributed by atoms with van der Waals surface area (Å²) in [6.45, 7) is 3.17. The number of carbonyl (C=O) groups excluding carboxylic acids is 1. The quantitative estimate of drug-likeness (QED) is 0.774. The number of piperidine rings is 1. The summed E-state index contributed by atoms with van der Waals surface area (Å²) >= 11 is 0. The molecule has 0 aromatic carbocycles. The van der Waals surface area contributed by atoms with Gasteiger partial charge in [-0.2, -0.15) is 0 Å². The lowest BCUT2D eigenvalue weighted by Crippen LogP contribution is -2.42. The molecule has 1 atom stereocenters. The van der Waals surface area contributed by atoms with Crippen molar-refractivity contribution in [2.45, 2.75) is 32.2 Å². The number of carbonyl (C=O) groups is 1. The van der Waals surface area contributed by atoms with Gasteiger partial charge in [-0.3, -0.25) is 4.79 Å². The summed E-state index contributed by atoms with van der Waals surface area (Å²) < 4.78 is 0. The van der Waals surface area contributed by atoms with E-state index in [0.717, 1.165) is 19.4 Å². The number of rotatable bonds is 1. The Hall–Kier alpha value is -1.86. The third-order valence-electron chi connectivity index (χ3n) is 3.40. The molecule has 1 unspecified atom stereocenters. The molecule has 0 radical (unpaired) electrons. The van der Waals surface area contributed by atoms with Crippen molar-refractivity contribution >= 4 is 5.91 Å². The van der Waals surface area contributed by atoms with Crippen LogP contribution in [0.2, 0.25) is 0 Å². The van der Waals surface area contributed by atoms with E-state index in [0.29, 0.717) is 11.3 Å². The summed E-state index contributed by atoms with van der Waals surface area (Å²) in [5.74, 6) is 5.68. The molecule has 100 valence electrons. The maximum absolute atomic E-state index is 12.6. The van der Waals surface area contributed by atoms with Gasteiger partial charge in [-0.05, 0) is 38.3 Å². The highest BCUT2D eigenvalue weighted by molar-refractivity contribution is 5.95. The maximum atomic E-state index is 12.6. The van der Waals surface area contributed by atoms with E-state index in [1.165, 1.54) is 6.42 Å². The standard InChI is InChI=1S/C15H19N3O/c1-12-6-2-3-11-18(12)15(19)14-13(7-4-9-16)8-5-10-17-14/h5,8,10,12H,2-3,6,9,11,16H2,1H3. The molecule has 0 spiro atoms. The van der Waals surface area contributed by atoms with Gasteiger partial charge in [0.2, 0.25) is 0 Å².